The van der Waals surface area contributed by atoms with Crippen molar-refractivity contribution in [2.75, 3.05) is 0 Å². The number of carbonyl (C=O) groups is 1. The molecule has 0 fully saturated rings. The van der Waals surface area contributed by atoms with Gasteiger partial charge in [-0.05, 0) is 24.0 Å². The summed E-state index contributed by atoms with van der Waals surface area (Å²) in [6.45, 7) is 0. The molecule has 1 aromatic heterocycles. The van der Waals surface area contributed by atoms with Crippen molar-refractivity contribution in [3.05, 3.63) is 35.2 Å². The molecule has 0 atom stereocenters. The molecule has 2 nitrogen and oxygen atoms in total. The molecular formula is C10H9NO. The van der Waals surface area contributed by atoms with E-state index in [-0.39, 0.29) is 0 Å². The molecule has 0 saturated heterocycles. The van der Waals surface area contributed by atoms with Gasteiger partial charge in [0.1, 0.15) is 0 Å². The van der Waals surface area contributed by atoms with Gasteiger partial charge in [0.2, 0.25) is 0 Å². The van der Waals surface area contributed by atoms with Crippen LogP contribution in [0.2, 0.25) is 0 Å². The number of pyridine rings is 1. The fourth-order valence-corrected chi connectivity index (χ4v) is 1.47. The van der Waals surface area contributed by atoms with E-state index in [0.717, 1.165) is 24.7 Å². The van der Waals surface area contributed by atoms with E-state index in [1.165, 1.54) is 5.56 Å². The topological polar surface area (TPSA) is 30.0 Å². The molecular weight excluding hydrogens is 150 g/mol. The van der Waals surface area contributed by atoms with Crippen LogP contribution in [0.15, 0.2) is 18.5 Å². The smallest absolute Gasteiger partial charge is 0.152 e. The molecule has 0 N–H and O–H groups in total. The summed E-state index contributed by atoms with van der Waals surface area (Å²) < 4.78 is 0. The standard InChI is InChI=1S/C10H9NO/c12-7-9-6-11-5-8-3-1-2-4-10(8)9/h2,4-7H,1,3H2. The molecule has 0 saturated carbocycles. The number of hydrogen-bond donors (Lipinski definition) is 0. The van der Waals surface area contributed by atoms with E-state index in [1.807, 2.05) is 12.3 Å². The number of aromatic nitrogens is 1. The first-order valence-corrected chi connectivity index (χ1v) is 4.00. The van der Waals surface area contributed by atoms with Crippen LogP contribution >= 0.6 is 0 Å². The second kappa shape index (κ2) is 2.89. The minimum absolute atomic E-state index is 0.698. The van der Waals surface area contributed by atoms with E-state index in [0.29, 0.717) is 5.56 Å². The maximum Gasteiger partial charge on any atom is 0.152 e. The molecule has 1 aromatic rings. The molecule has 1 aliphatic carbocycles. The van der Waals surface area contributed by atoms with Gasteiger partial charge in [-0.2, -0.15) is 0 Å². The zero-order chi connectivity index (χ0) is 8.39. The summed E-state index contributed by atoms with van der Waals surface area (Å²) in [7, 11) is 0. The molecule has 0 aliphatic heterocycles. The van der Waals surface area contributed by atoms with E-state index in [1.54, 1.807) is 6.20 Å². The van der Waals surface area contributed by atoms with Gasteiger partial charge in [-0.25, -0.2) is 0 Å². The molecule has 0 radical (unpaired) electrons. The number of nitrogens with zero attached hydrogens (tertiary/aromatic N) is 1. The molecule has 0 spiro atoms. The Bertz CT molecular complexity index is 342. The van der Waals surface area contributed by atoms with E-state index in [2.05, 4.69) is 11.1 Å². The minimum atomic E-state index is 0.698. The van der Waals surface area contributed by atoms with Gasteiger partial charge in [-0.15, -0.1) is 0 Å². The maximum absolute atomic E-state index is 10.6. The van der Waals surface area contributed by atoms with Gasteiger partial charge in [0.05, 0.1) is 0 Å². The summed E-state index contributed by atoms with van der Waals surface area (Å²) in [4.78, 5) is 14.6. The zero-order valence-corrected chi connectivity index (χ0v) is 6.66. The summed E-state index contributed by atoms with van der Waals surface area (Å²) in [5, 5.41) is 0. The van der Waals surface area contributed by atoms with E-state index >= 15 is 0 Å². The first-order valence-electron chi connectivity index (χ1n) is 4.00. The van der Waals surface area contributed by atoms with E-state index in [9.17, 15) is 4.79 Å². The summed E-state index contributed by atoms with van der Waals surface area (Å²) in [6, 6.07) is 0. The summed E-state index contributed by atoms with van der Waals surface area (Å²) >= 11 is 0. The second-order valence-corrected chi connectivity index (χ2v) is 2.86. The molecule has 0 aromatic carbocycles. The molecule has 0 unspecified atom stereocenters. The van der Waals surface area contributed by atoms with Gasteiger partial charge in [0.25, 0.3) is 0 Å². The lowest BCUT2D eigenvalue weighted by molar-refractivity contribution is 0.112. The Morgan fingerprint density at radius 2 is 2.33 bits per heavy atom. The Kier molecular flexibility index (Phi) is 1.74. The highest BCUT2D eigenvalue weighted by molar-refractivity contribution is 5.82. The lowest BCUT2D eigenvalue weighted by Crippen LogP contribution is -1.99. The van der Waals surface area contributed by atoms with E-state index in [4.69, 9.17) is 0 Å². The Hall–Kier alpha value is -1.44. The SMILES string of the molecule is O=Cc1cncc2c1C=CCC2. The van der Waals surface area contributed by atoms with Crippen molar-refractivity contribution >= 4 is 12.4 Å². The monoisotopic (exact) mass is 159 g/mol. The van der Waals surface area contributed by atoms with Gasteiger partial charge < -0.3 is 0 Å². The number of hydrogen-bond acceptors (Lipinski definition) is 2. The predicted octanol–water partition coefficient (Wildman–Crippen LogP) is 1.85. The fourth-order valence-electron chi connectivity index (χ4n) is 1.47. The Labute approximate surface area is 70.9 Å². The zero-order valence-electron chi connectivity index (χ0n) is 6.66. The quantitative estimate of drug-likeness (QED) is 0.585. The average Bonchev–Trinajstić information content (AvgIpc) is 2.17. The van der Waals surface area contributed by atoms with Gasteiger partial charge >= 0.3 is 0 Å². The minimum Gasteiger partial charge on any atom is -0.298 e. The van der Waals surface area contributed by atoms with Gasteiger partial charge in [0, 0.05) is 18.0 Å². The second-order valence-electron chi connectivity index (χ2n) is 2.86. The van der Waals surface area contributed by atoms with Crippen molar-refractivity contribution in [3.8, 4) is 0 Å². The van der Waals surface area contributed by atoms with Crippen molar-refractivity contribution in [2.45, 2.75) is 12.8 Å². The third-order valence-corrected chi connectivity index (χ3v) is 2.09. The van der Waals surface area contributed by atoms with Crippen LogP contribution in [-0.4, -0.2) is 11.3 Å². The van der Waals surface area contributed by atoms with Crippen LogP contribution < -0.4 is 0 Å². The van der Waals surface area contributed by atoms with Crippen LogP contribution in [0.3, 0.4) is 0 Å². The van der Waals surface area contributed by atoms with Crippen LogP contribution in [0.4, 0.5) is 0 Å². The van der Waals surface area contributed by atoms with Crippen LogP contribution in [-0.2, 0) is 6.42 Å². The van der Waals surface area contributed by atoms with Gasteiger partial charge in [0.15, 0.2) is 6.29 Å². The highest BCUT2D eigenvalue weighted by Crippen LogP contribution is 2.20. The molecule has 0 bridgehead atoms. The largest absolute Gasteiger partial charge is 0.298 e. The van der Waals surface area contributed by atoms with Crippen molar-refractivity contribution in [1.29, 1.82) is 0 Å². The number of aryl methyl sites for hydroxylation is 1. The number of rotatable bonds is 1. The van der Waals surface area contributed by atoms with E-state index < -0.39 is 0 Å². The molecule has 60 valence electrons. The van der Waals surface area contributed by atoms with Crippen molar-refractivity contribution in [2.24, 2.45) is 0 Å². The first kappa shape index (κ1) is 7.22. The third kappa shape index (κ3) is 1.05. The molecule has 1 aliphatic rings. The highest BCUT2D eigenvalue weighted by Gasteiger charge is 2.07. The van der Waals surface area contributed by atoms with Crippen molar-refractivity contribution in [1.82, 2.24) is 4.98 Å². The van der Waals surface area contributed by atoms with Gasteiger partial charge in [-0.3, -0.25) is 9.78 Å². The Morgan fingerprint density at radius 3 is 3.17 bits per heavy atom. The number of carbonyl (C=O) groups excluding carboxylic acids is 1. The maximum atomic E-state index is 10.6. The lowest BCUT2D eigenvalue weighted by Gasteiger charge is -2.10. The van der Waals surface area contributed by atoms with Crippen LogP contribution in [0.5, 0.6) is 0 Å². The summed E-state index contributed by atoms with van der Waals surface area (Å²) in [6.07, 6.45) is 10.5. The van der Waals surface area contributed by atoms with Crippen LogP contribution in [0.1, 0.15) is 27.9 Å². The van der Waals surface area contributed by atoms with Crippen molar-refractivity contribution < 1.29 is 4.79 Å². The van der Waals surface area contributed by atoms with Crippen molar-refractivity contribution in [3.63, 3.8) is 0 Å². The average molecular weight is 159 g/mol. The van der Waals surface area contributed by atoms with Gasteiger partial charge in [-0.1, -0.05) is 12.2 Å². The fraction of sp³-hybridized carbons (Fsp3) is 0.200. The number of allylic oxidation sites excluding steroid dienone is 1. The molecule has 0 amide bonds. The lowest BCUT2D eigenvalue weighted by atomic mass is 9.96. The summed E-state index contributed by atoms with van der Waals surface area (Å²) in [5.41, 5.74) is 2.93. The molecule has 1 heterocycles. The Balaban J connectivity index is 2.61. The highest BCUT2D eigenvalue weighted by atomic mass is 16.1. The molecule has 2 heteroatoms. The Morgan fingerprint density at radius 1 is 1.42 bits per heavy atom. The number of aldehydes is 1. The molecule has 2 rings (SSSR count). The summed E-state index contributed by atoms with van der Waals surface area (Å²) in [5.74, 6) is 0. The molecule has 12 heavy (non-hydrogen) atoms. The predicted molar refractivity (Wildman–Crippen MR) is 47.0 cm³/mol. The number of fused-ring (bicyclic) bond motifs is 1. The third-order valence-electron chi connectivity index (χ3n) is 2.09. The van der Waals surface area contributed by atoms with Crippen LogP contribution in [0, 0.1) is 0 Å². The van der Waals surface area contributed by atoms with Crippen LogP contribution in [0.25, 0.3) is 6.08 Å². The normalized spacial score (nSPS) is 14.0. The first-order chi connectivity index (χ1) is 5.92.